The van der Waals surface area contributed by atoms with Gasteiger partial charge in [0.2, 0.25) is 0 Å². The number of nitrogen functional groups attached to an aromatic ring is 1. The second-order valence-corrected chi connectivity index (χ2v) is 8.13. The van der Waals surface area contributed by atoms with E-state index in [1.165, 1.54) is 16.9 Å². The van der Waals surface area contributed by atoms with Gasteiger partial charge in [0.05, 0.1) is 21.8 Å². The Labute approximate surface area is 180 Å². The lowest BCUT2D eigenvalue weighted by atomic mass is 9.89. The molecule has 1 aromatic heterocycles. The molecule has 5 rings (SSSR count). The average molecular weight is 437 g/mol. The molecule has 0 saturated carbocycles. The Hall–Kier alpha value is -1.86. The van der Waals surface area contributed by atoms with Crippen LogP contribution in [-0.4, -0.2) is 35.4 Å². The Morgan fingerprint density at radius 3 is 2.68 bits per heavy atom. The lowest BCUT2D eigenvalue weighted by molar-refractivity contribution is 0.0716. The zero-order chi connectivity index (χ0) is 17.7. The zero-order valence-electron chi connectivity index (χ0n) is 15.1. The number of nitrogens with zero attached hydrogens (tertiary/aromatic N) is 2. The highest BCUT2D eigenvalue weighted by atomic mass is 35.5. The number of hydrogen-bond donors (Lipinski definition) is 2. The SMILES string of the molecule is Cl.Cl.Nc1nc2cccc(C(=O)N3C[C@@H]4CNC[C@@H]4[C@H]3c3ccccc3)c2s1. The first-order valence-corrected chi connectivity index (χ1v) is 9.75. The number of thiazole rings is 1. The number of rotatable bonds is 2. The Morgan fingerprint density at radius 2 is 1.89 bits per heavy atom. The molecule has 3 atom stereocenters. The summed E-state index contributed by atoms with van der Waals surface area (Å²) in [4.78, 5) is 19.9. The van der Waals surface area contributed by atoms with Crippen molar-refractivity contribution in [2.45, 2.75) is 6.04 Å². The second-order valence-electron chi connectivity index (χ2n) is 7.10. The molecule has 0 bridgehead atoms. The standard InChI is InChI=1S/C20H20N4OS.2ClH/c21-20-23-16-8-4-7-14(18(16)26-20)19(25)24-11-13-9-22-10-15(13)17(24)12-5-2-1-3-6-12;;/h1-8,13,15,17,22H,9-11H2,(H2,21,23);2*1H/t13-,15-,17+;;/m0../s1. The summed E-state index contributed by atoms with van der Waals surface area (Å²) < 4.78 is 0.886. The van der Waals surface area contributed by atoms with Crippen molar-refractivity contribution in [1.82, 2.24) is 15.2 Å². The molecule has 2 aliphatic heterocycles. The van der Waals surface area contributed by atoms with Crippen LogP contribution in [0.3, 0.4) is 0 Å². The number of amides is 1. The van der Waals surface area contributed by atoms with Gasteiger partial charge in [-0.05, 0) is 23.6 Å². The molecule has 148 valence electrons. The molecule has 0 radical (unpaired) electrons. The molecule has 0 aliphatic carbocycles. The van der Waals surface area contributed by atoms with Crippen LogP contribution in [0.1, 0.15) is 22.0 Å². The van der Waals surface area contributed by atoms with Crippen molar-refractivity contribution in [3.8, 4) is 0 Å². The number of hydrogen-bond acceptors (Lipinski definition) is 5. The molecular weight excluding hydrogens is 415 g/mol. The second kappa shape index (κ2) is 8.25. The van der Waals surface area contributed by atoms with Crippen LogP contribution < -0.4 is 11.1 Å². The minimum Gasteiger partial charge on any atom is -0.375 e. The molecule has 2 fully saturated rings. The van der Waals surface area contributed by atoms with E-state index in [2.05, 4.69) is 39.5 Å². The Bertz CT molecular complexity index is 981. The lowest BCUT2D eigenvalue weighted by Gasteiger charge is -2.28. The minimum absolute atomic E-state index is 0. The maximum atomic E-state index is 13.5. The minimum atomic E-state index is 0. The van der Waals surface area contributed by atoms with Gasteiger partial charge in [-0.3, -0.25) is 4.79 Å². The Balaban J connectivity index is 0.00000112. The number of likely N-dealkylation sites (tertiary alicyclic amines) is 1. The van der Waals surface area contributed by atoms with Gasteiger partial charge in [-0.15, -0.1) is 24.8 Å². The molecule has 2 aliphatic rings. The number of benzene rings is 2. The monoisotopic (exact) mass is 436 g/mol. The molecule has 0 unspecified atom stereocenters. The van der Waals surface area contributed by atoms with Crippen molar-refractivity contribution in [1.29, 1.82) is 0 Å². The van der Waals surface area contributed by atoms with Crippen molar-refractivity contribution >= 4 is 57.4 Å². The first kappa shape index (κ1) is 20.9. The van der Waals surface area contributed by atoms with Crippen molar-refractivity contribution in [3.05, 3.63) is 59.7 Å². The van der Waals surface area contributed by atoms with Crippen molar-refractivity contribution in [2.75, 3.05) is 25.4 Å². The quantitative estimate of drug-likeness (QED) is 0.641. The van der Waals surface area contributed by atoms with Crippen molar-refractivity contribution in [2.24, 2.45) is 11.8 Å². The smallest absolute Gasteiger partial charge is 0.255 e. The van der Waals surface area contributed by atoms with Crippen LogP contribution >= 0.6 is 36.2 Å². The first-order valence-electron chi connectivity index (χ1n) is 8.94. The van der Waals surface area contributed by atoms with E-state index in [1.807, 2.05) is 24.3 Å². The van der Waals surface area contributed by atoms with Gasteiger partial charge in [-0.1, -0.05) is 47.7 Å². The number of carbonyl (C=O) groups excluding carboxylic acids is 1. The fourth-order valence-corrected chi connectivity index (χ4v) is 5.33. The summed E-state index contributed by atoms with van der Waals surface area (Å²) in [7, 11) is 0. The van der Waals surface area contributed by atoms with E-state index < -0.39 is 0 Å². The summed E-state index contributed by atoms with van der Waals surface area (Å²) in [6, 6.07) is 16.2. The number of nitrogens with one attached hydrogen (secondary N) is 1. The van der Waals surface area contributed by atoms with E-state index in [-0.39, 0.29) is 36.8 Å². The normalized spacial score (nSPS) is 23.1. The molecule has 3 aromatic rings. The van der Waals surface area contributed by atoms with Gasteiger partial charge >= 0.3 is 0 Å². The zero-order valence-corrected chi connectivity index (χ0v) is 17.5. The summed E-state index contributed by atoms with van der Waals surface area (Å²) >= 11 is 1.39. The van der Waals surface area contributed by atoms with Crippen LogP contribution in [0.15, 0.2) is 48.5 Å². The van der Waals surface area contributed by atoms with E-state index in [1.54, 1.807) is 0 Å². The number of aromatic nitrogens is 1. The third-order valence-electron chi connectivity index (χ3n) is 5.63. The first-order chi connectivity index (χ1) is 12.7. The molecule has 8 heteroatoms. The maximum absolute atomic E-state index is 13.5. The summed E-state index contributed by atoms with van der Waals surface area (Å²) in [6.07, 6.45) is 0. The fraction of sp³-hybridized carbons (Fsp3) is 0.300. The average Bonchev–Trinajstić information content (AvgIpc) is 3.34. The maximum Gasteiger partial charge on any atom is 0.255 e. The number of anilines is 1. The highest BCUT2D eigenvalue weighted by Crippen LogP contribution is 2.43. The third kappa shape index (κ3) is 3.35. The number of nitrogens with two attached hydrogens (primary N) is 1. The van der Waals surface area contributed by atoms with Crippen LogP contribution in [-0.2, 0) is 0 Å². The van der Waals surface area contributed by atoms with Gasteiger partial charge in [0.15, 0.2) is 5.13 Å². The van der Waals surface area contributed by atoms with Crippen LogP contribution in [0.2, 0.25) is 0 Å². The summed E-state index contributed by atoms with van der Waals surface area (Å²) in [5.74, 6) is 1.06. The topological polar surface area (TPSA) is 71.2 Å². The van der Waals surface area contributed by atoms with Gasteiger partial charge in [0.1, 0.15) is 0 Å². The van der Waals surface area contributed by atoms with Crippen LogP contribution in [0.5, 0.6) is 0 Å². The predicted molar refractivity (Wildman–Crippen MR) is 119 cm³/mol. The highest BCUT2D eigenvalue weighted by molar-refractivity contribution is 7.22. The summed E-state index contributed by atoms with van der Waals surface area (Å²) in [5.41, 5.74) is 8.61. The molecular formula is C20H22Cl2N4OS. The van der Waals surface area contributed by atoms with Crippen LogP contribution in [0, 0.1) is 11.8 Å². The summed E-state index contributed by atoms with van der Waals surface area (Å²) in [6.45, 7) is 2.74. The number of carbonyl (C=O) groups is 1. The molecule has 3 N–H and O–H groups in total. The molecule has 0 spiro atoms. The molecule has 2 saturated heterocycles. The van der Waals surface area contributed by atoms with Gasteiger partial charge in [-0.2, -0.15) is 0 Å². The third-order valence-corrected chi connectivity index (χ3v) is 6.56. The molecule has 3 heterocycles. The van der Waals surface area contributed by atoms with Gasteiger partial charge in [0, 0.05) is 25.6 Å². The number of halogens is 2. The van der Waals surface area contributed by atoms with Crippen LogP contribution in [0.25, 0.3) is 10.2 Å². The van der Waals surface area contributed by atoms with Crippen molar-refractivity contribution in [3.63, 3.8) is 0 Å². The molecule has 2 aromatic carbocycles. The van der Waals surface area contributed by atoms with Crippen LogP contribution in [0.4, 0.5) is 5.13 Å². The predicted octanol–water partition coefficient (Wildman–Crippen LogP) is 3.75. The highest BCUT2D eigenvalue weighted by Gasteiger charge is 2.47. The number of fused-ring (bicyclic) bond motifs is 2. The van der Waals surface area contributed by atoms with Crippen molar-refractivity contribution < 1.29 is 4.79 Å². The summed E-state index contributed by atoms with van der Waals surface area (Å²) in [5, 5.41) is 4.00. The van der Waals surface area contributed by atoms with E-state index in [0.717, 1.165) is 29.9 Å². The van der Waals surface area contributed by atoms with Gasteiger partial charge in [-0.25, -0.2) is 4.98 Å². The van der Waals surface area contributed by atoms with E-state index in [4.69, 9.17) is 5.73 Å². The Morgan fingerprint density at radius 1 is 1.11 bits per heavy atom. The lowest BCUT2D eigenvalue weighted by Crippen LogP contribution is -2.34. The molecule has 28 heavy (non-hydrogen) atoms. The molecule has 5 nitrogen and oxygen atoms in total. The van der Waals surface area contributed by atoms with E-state index >= 15 is 0 Å². The largest absolute Gasteiger partial charge is 0.375 e. The van der Waals surface area contributed by atoms with E-state index in [0.29, 0.717) is 22.5 Å². The Kier molecular flexibility index (Phi) is 6.15. The fourth-order valence-electron chi connectivity index (χ4n) is 4.50. The molecule has 1 amide bonds. The van der Waals surface area contributed by atoms with Gasteiger partial charge < -0.3 is 16.0 Å². The van der Waals surface area contributed by atoms with Gasteiger partial charge in [0.25, 0.3) is 5.91 Å². The van der Waals surface area contributed by atoms with E-state index in [9.17, 15) is 4.79 Å².